The Bertz CT molecular complexity index is 853. The van der Waals surface area contributed by atoms with Crippen LogP contribution in [-0.4, -0.2) is 23.0 Å². The normalized spacial score (nSPS) is 13.9. The van der Waals surface area contributed by atoms with E-state index in [-0.39, 0.29) is 0 Å². The van der Waals surface area contributed by atoms with Gasteiger partial charge in [0.2, 0.25) is 0 Å². The molecule has 2 aromatic heterocycles. The maximum Gasteiger partial charge on any atom is 0.139 e. The Hall–Kier alpha value is -2.01. The van der Waals surface area contributed by atoms with Gasteiger partial charge in [0.05, 0.1) is 0 Å². The molecule has 0 unspecified atom stereocenters. The SMILES string of the molecule is CN1CCc2cc(-c3nc4ccc(Br)cn4c3N)ccc21. The zero-order valence-corrected chi connectivity index (χ0v) is 13.3. The van der Waals surface area contributed by atoms with Crippen molar-refractivity contribution in [3.63, 3.8) is 0 Å². The van der Waals surface area contributed by atoms with Gasteiger partial charge in [-0.3, -0.25) is 4.40 Å². The summed E-state index contributed by atoms with van der Waals surface area (Å²) in [4.78, 5) is 6.95. The molecule has 3 aromatic rings. The summed E-state index contributed by atoms with van der Waals surface area (Å²) in [6, 6.07) is 10.4. The molecule has 0 saturated heterocycles. The predicted molar refractivity (Wildman–Crippen MR) is 89.7 cm³/mol. The standard InChI is InChI=1S/C16H15BrN4/c1-20-7-6-10-8-11(2-4-13(10)20)15-16(18)21-9-12(17)3-5-14(21)19-15/h2-5,8-9H,6-7,18H2,1H3. The molecule has 0 aliphatic carbocycles. The maximum atomic E-state index is 6.28. The van der Waals surface area contributed by atoms with Gasteiger partial charge in [-0.1, -0.05) is 6.07 Å². The Labute approximate surface area is 131 Å². The molecule has 0 atom stereocenters. The van der Waals surface area contributed by atoms with Crippen LogP contribution in [-0.2, 0) is 6.42 Å². The van der Waals surface area contributed by atoms with Crippen LogP contribution in [0.25, 0.3) is 16.9 Å². The number of likely N-dealkylation sites (N-methyl/N-ethyl adjacent to an activating group) is 1. The fraction of sp³-hybridized carbons (Fsp3) is 0.188. The molecule has 1 aliphatic heterocycles. The predicted octanol–water partition coefficient (Wildman–Crippen LogP) is 3.34. The summed E-state index contributed by atoms with van der Waals surface area (Å²) in [5.74, 6) is 0.678. The minimum atomic E-state index is 0.678. The number of imidazole rings is 1. The molecule has 4 rings (SSSR count). The third-order valence-electron chi connectivity index (χ3n) is 4.10. The van der Waals surface area contributed by atoms with Gasteiger partial charge in [0.1, 0.15) is 17.2 Å². The van der Waals surface area contributed by atoms with Gasteiger partial charge in [0.25, 0.3) is 0 Å². The number of anilines is 2. The molecule has 106 valence electrons. The molecule has 0 saturated carbocycles. The lowest BCUT2D eigenvalue weighted by atomic mass is 10.1. The molecule has 3 heterocycles. The van der Waals surface area contributed by atoms with E-state index in [4.69, 9.17) is 5.73 Å². The van der Waals surface area contributed by atoms with E-state index in [9.17, 15) is 0 Å². The van der Waals surface area contributed by atoms with Crippen molar-refractivity contribution < 1.29 is 0 Å². The molecule has 0 bridgehead atoms. The number of pyridine rings is 1. The van der Waals surface area contributed by atoms with Crippen LogP contribution in [0.4, 0.5) is 11.5 Å². The molecule has 0 radical (unpaired) electrons. The molecule has 4 nitrogen and oxygen atoms in total. The summed E-state index contributed by atoms with van der Waals surface area (Å²) in [5, 5.41) is 0. The molecule has 1 aliphatic rings. The maximum absolute atomic E-state index is 6.28. The number of nitrogen functional groups attached to an aromatic ring is 1. The summed E-state index contributed by atoms with van der Waals surface area (Å²) in [5.41, 5.74) is 11.8. The number of fused-ring (bicyclic) bond motifs is 2. The first-order valence-corrected chi connectivity index (χ1v) is 7.70. The van der Waals surface area contributed by atoms with Gasteiger partial charge in [-0.15, -0.1) is 0 Å². The summed E-state index contributed by atoms with van der Waals surface area (Å²) in [6.07, 6.45) is 3.03. The van der Waals surface area contributed by atoms with Gasteiger partial charge >= 0.3 is 0 Å². The Morgan fingerprint density at radius 1 is 1.24 bits per heavy atom. The van der Waals surface area contributed by atoms with Crippen molar-refractivity contribution in [3.8, 4) is 11.3 Å². The summed E-state index contributed by atoms with van der Waals surface area (Å²) in [7, 11) is 2.13. The van der Waals surface area contributed by atoms with Crippen LogP contribution < -0.4 is 10.6 Å². The monoisotopic (exact) mass is 342 g/mol. The number of hydrogen-bond acceptors (Lipinski definition) is 3. The van der Waals surface area contributed by atoms with Gasteiger partial charge in [0.15, 0.2) is 0 Å². The van der Waals surface area contributed by atoms with E-state index in [1.807, 2.05) is 22.7 Å². The number of nitrogens with zero attached hydrogens (tertiary/aromatic N) is 3. The highest BCUT2D eigenvalue weighted by Crippen LogP contribution is 2.33. The Morgan fingerprint density at radius 2 is 2.10 bits per heavy atom. The van der Waals surface area contributed by atoms with E-state index < -0.39 is 0 Å². The first-order chi connectivity index (χ1) is 10.1. The molecular formula is C16H15BrN4. The molecule has 2 N–H and O–H groups in total. The number of nitrogens with two attached hydrogens (primary N) is 1. The third kappa shape index (κ3) is 1.92. The smallest absolute Gasteiger partial charge is 0.139 e. The van der Waals surface area contributed by atoms with Crippen molar-refractivity contribution >= 4 is 33.1 Å². The van der Waals surface area contributed by atoms with Gasteiger partial charge in [-0.05, 0) is 52.2 Å². The van der Waals surface area contributed by atoms with Crippen LogP contribution in [0.5, 0.6) is 0 Å². The van der Waals surface area contributed by atoms with Crippen LogP contribution in [0.1, 0.15) is 5.56 Å². The van der Waals surface area contributed by atoms with Crippen molar-refractivity contribution in [1.82, 2.24) is 9.38 Å². The van der Waals surface area contributed by atoms with E-state index >= 15 is 0 Å². The first-order valence-electron chi connectivity index (χ1n) is 6.91. The molecule has 0 fully saturated rings. The minimum absolute atomic E-state index is 0.678. The number of halogens is 1. The van der Waals surface area contributed by atoms with Crippen molar-refractivity contribution in [2.24, 2.45) is 0 Å². The molecule has 21 heavy (non-hydrogen) atoms. The molecule has 1 aromatic carbocycles. The molecule has 0 amide bonds. The lowest BCUT2D eigenvalue weighted by Crippen LogP contribution is -2.12. The zero-order chi connectivity index (χ0) is 14.6. The van der Waals surface area contributed by atoms with Gasteiger partial charge in [-0.25, -0.2) is 4.98 Å². The van der Waals surface area contributed by atoms with E-state index in [1.165, 1.54) is 11.3 Å². The number of benzene rings is 1. The van der Waals surface area contributed by atoms with E-state index in [2.05, 4.69) is 51.1 Å². The highest BCUT2D eigenvalue weighted by Gasteiger charge is 2.18. The molecule has 0 spiro atoms. The average molecular weight is 343 g/mol. The number of aromatic nitrogens is 2. The van der Waals surface area contributed by atoms with Crippen molar-refractivity contribution in [3.05, 3.63) is 46.6 Å². The van der Waals surface area contributed by atoms with E-state index in [0.717, 1.165) is 34.3 Å². The summed E-state index contributed by atoms with van der Waals surface area (Å²) >= 11 is 3.47. The van der Waals surface area contributed by atoms with E-state index in [1.54, 1.807) is 0 Å². The lowest BCUT2D eigenvalue weighted by Gasteiger charge is -2.11. The fourth-order valence-electron chi connectivity index (χ4n) is 2.96. The summed E-state index contributed by atoms with van der Waals surface area (Å²) in [6.45, 7) is 1.08. The second-order valence-corrected chi connectivity index (χ2v) is 6.35. The highest BCUT2D eigenvalue weighted by molar-refractivity contribution is 9.10. The summed E-state index contributed by atoms with van der Waals surface area (Å²) < 4.78 is 2.90. The fourth-order valence-corrected chi connectivity index (χ4v) is 3.30. The van der Waals surface area contributed by atoms with Crippen LogP contribution in [0.2, 0.25) is 0 Å². The molecule has 5 heteroatoms. The van der Waals surface area contributed by atoms with Crippen molar-refractivity contribution in [2.45, 2.75) is 6.42 Å². The first kappa shape index (κ1) is 12.7. The quantitative estimate of drug-likeness (QED) is 0.737. The highest BCUT2D eigenvalue weighted by atomic mass is 79.9. The van der Waals surface area contributed by atoms with Crippen LogP contribution >= 0.6 is 15.9 Å². The van der Waals surface area contributed by atoms with Crippen LogP contribution in [0.15, 0.2) is 41.0 Å². The second-order valence-electron chi connectivity index (χ2n) is 5.44. The Balaban J connectivity index is 1.89. The largest absolute Gasteiger partial charge is 0.383 e. The van der Waals surface area contributed by atoms with Crippen molar-refractivity contribution in [2.75, 3.05) is 24.2 Å². The Morgan fingerprint density at radius 3 is 2.95 bits per heavy atom. The van der Waals surface area contributed by atoms with Gasteiger partial charge < -0.3 is 10.6 Å². The lowest BCUT2D eigenvalue weighted by molar-refractivity contribution is 0.956. The average Bonchev–Trinajstić information content (AvgIpc) is 3.01. The van der Waals surface area contributed by atoms with Crippen LogP contribution in [0, 0.1) is 0 Å². The van der Waals surface area contributed by atoms with E-state index in [0.29, 0.717) is 5.82 Å². The zero-order valence-electron chi connectivity index (χ0n) is 11.7. The van der Waals surface area contributed by atoms with Gasteiger partial charge in [0, 0.05) is 35.5 Å². The van der Waals surface area contributed by atoms with Crippen LogP contribution in [0.3, 0.4) is 0 Å². The topological polar surface area (TPSA) is 46.6 Å². The third-order valence-corrected chi connectivity index (χ3v) is 4.57. The second kappa shape index (κ2) is 4.49. The number of hydrogen-bond donors (Lipinski definition) is 1. The molecular weight excluding hydrogens is 328 g/mol. The van der Waals surface area contributed by atoms with Crippen molar-refractivity contribution in [1.29, 1.82) is 0 Å². The minimum Gasteiger partial charge on any atom is -0.383 e. The van der Waals surface area contributed by atoms with Gasteiger partial charge in [-0.2, -0.15) is 0 Å². The Kier molecular flexibility index (Phi) is 2.72. The number of rotatable bonds is 1.